The molecule has 3 aromatic carbocycles. The molecule has 1 N–H and O–H groups in total. The lowest BCUT2D eigenvalue weighted by molar-refractivity contribution is 0.0701. The standard InChI is InChI=1S/C26H23NO4S2/c28-26(29)25-23(22-10-4-5-11-24(22)32-25)17-20-9-6-16-27(20)33(30,31)21-14-12-19(13-15-21)18-7-2-1-3-8-18/h1-5,7-8,10-15,20H,6,9,16-17H2,(H,28,29). The molecule has 1 unspecified atom stereocenters. The Morgan fingerprint density at radius 1 is 0.939 bits per heavy atom. The minimum Gasteiger partial charge on any atom is -0.477 e. The van der Waals surface area contributed by atoms with Gasteiger partial charge >= 0.3 is 5.97 Å². The van der Waals surface area contributed by atoms with Crippen molar-refractivity contribution >= 4 is 37.4 Å². The van der Waals surface area contributed by atoms with E-state index >= 15 is 0 Å². The number of carboxylic acid groups (broad SMARTS) is 1. The van der Waals surface area contributed by atoms with Crippen molar-refractivity contribution in [3.05, 3.63) is 89.3 Å². The molecule has 33 heavy (non-hydrogen) atoms. The third kappa shape index (κ3) is 4.08. The van der Waals surface area contributed by atoms with Crippen LogP contribution in [0.5, 0.6) is 0 Å². The van der Waals surface area contributed by atoms with Crippen molar-refractivity contribution in [3.63, 3.8) is 0 Å². The fourth-order valence-electron chi connectivity index (χ4n) is 4.62. The van der Waals surface area contributed by atoms with Gasteiger partial charge in [0.15, 0.2) is 0 Å². The number of aromatic carboxylic acids is 1. The SMILES string of the molecule is O=C(O)c1sc2ccccc2c1CC1CCCN1S(=O)(=O)c1ccc(-c2ccccc2)cc1. The van der Waals surface area contributed by atoms with Gasteiger partial charge in [0.25, 0.3) is 0 Å². The molecule has 1 aromatic heterocycles. The second-order valence-electron chi connectivity index (χ2n) is 8.22. The van der Waals surface area contributed by atoms with Gasteiger partial charge < -0.3 is 5.11 Å². The van der Waals surface area contributed by atoms with Crippen LogP contribution in [-0.4, -0.2) is 36.4 Å². The number of carbonyl (C=O) groups is 1. The first kappa shape index (κ1) is 21.8. The van der Waals surface area contributed by atoms with Crippen molar-refractivity contribution < 1.29 is 18.3 Å². The third-order valence-electron chi connectivity index (χ3n) is 6.22. The lowest BCUT2D eigenvalue weighted by Crippen LogP contribution is -2.37. The Balaban J connectivity index is 1.45. The molecule has 1 atom stereocenters. The predicted octanol–water partition coefficient (Wildman–Crippen LogP) is 5.66. The summed E-state index contributed by atoms with van der Waals surface area (Å²) in [7, 11) is -3.69. The second-order valence-corrected chi connectivity index (χ2v) is 11.2. The van der Waals surface area contributed by atoms with E-state index in [4.69, 9.17) is 0 Å². The Bertz CT molecular complexity index is 1410. The maximum absolute atomic E-state index is 13.5. The largest absolute Gasteiger partial charge is 0.477 e. The third-order valence-corrected chi connectivity index (χ3v) is 9.39. The smallest absolute Gasteiger partial charge is 0.346 e. The molecule has 0 spiro atoms. The van der Waals surface area contributed by atoms with Crippen molar-refractivity contribution in [1.82, 2.24) is 4.31 Å². The van der Waals surface area contributed by atoms with Gasteiger partial charge in [0.2, 0.25) is 10.0 Å². The highest BCUT2D eigenvalue weighted by molar-refractivity contribution is 7.89. The van der Waals surface area contributed by atoms with Crippen LogP contribution < -0.4 is 0 Å². The number of carboxylic acids is 1. The topological polar surface area (TPSA) is 74.7 Å². The van der Waals surface area contributed by atoms with E-state index < -0.39 is 16.0 Å². The molecular formula is C26H23NO4S2. The van der Waals surface area contributed by atoms with Gasteiger partial charge in [0.05, 0.1) is 4.90 Å². The number of nitrogens with zero attached hydrogens (tertiary/aromatic N) is 1. The van der Waals surface area contributed by atoms with Crippen LogP contribution in [0.15, 0.2) is 83.8 Å². The van der Waals surface area contributed by atoms with Crippen LogP contribution in [0.2, 0.25) is 0 Å². The average Bonchev–Trinajstić information content (AvgIpc) is 3.46. The van der Waals surface area contributed by atoms with E-state index in [1.165, 1.54) is 11.3 Å². The molecule has 1 aliphatic rings. The number of hydrogen-bond donors (Lipinski definition) is 1. The Kier molecular flexibility index (Phi) is 5.78. The fraction of sp³-hybridized carbons (Fsp3) is 0.192. The molecule has 0 amide bonds. The molecule has 7 heteroatoms. The molecule has 0 saturated carbocycles. The van der Waals surface area contributed by atoms with E-state index in [9.17, 15) is 18.3 Å². The van der Waals surface area contributed by atoms with Gasteiger partial charge in [-0.05, 0) is 59.5 Å². The van der Waals surface area contributed by atoms with Crippen LogP contribution >= 0.6 is 11.3 Å². The lowest BCUT2D eigenvalue weighted by atomic mass is 10.0. The molecule has 1 fully saturated rings. The fourth-order valence-corrected chi connectivity index (χ4v) is 7.39. The monoisotopic (exact) mass is 477 g/mol. The Morgan fingerprint density at radius 3 is 2.33 bits per heavy atom. The summed E-state index contributed by atoms with van der Waals surface area (Å²) >= 11 is 1.25. The van der Waals surface area contributed by atoms with Crippen molar-refractivity contribution in [2.75, 3.05) is 6.54 Å². The quantitative estimate of drug-likeness (QED) is 0.389. The molecule has 0 bridgehead atoms. The van der Waals surface area contributed by atoms with E-state index in [1.54, 1.807) is 16.4 Å². The van der Waals surface area contributed by atoms with Gasteiger partial charge in [-0.15, -0.1) is 11.3 Å². The lowest BCUT2D eigenvalue weighted by Gasteiger charge is -2.24. The van der Waals surface area contributed by atoms with Crippen LogP contribution in [0, 0.1) is 0 Å². The Hall–Kier alpha value is -3.00. The molecular weight excluding hydrogens is 454 g/mol. The molecule has 5 nitrogen and oxygen atoms in total. The molecule has 2 heterocycles. The highest BCUT2D eigenvalue weighted by atomic mass is 32.2. The average molecular weight is 478 g/mol. The van der Waals surface area contributed by atoms with E-state index in [2.05, 4.69) is 0 Å². The highest BCUT2D eigenvalue weighted by Crippen LogP contribution is 2.36. The van der Waals surface area contributed by atoms with Gasteiger partial charge in [-0.25, -0.2) is 13.2 Å². The van der Waals surface area contributed by atoms with Crippen molar-refractivity contribution in [1.29, 1.82) is 0 Å². The summed E-state index contributed by atoms with van der Waals surface area (Å²) in [6.45, 7) is 0.442. The van der Waals surface area contributed by atoms with Gasteiger partial charge in [-0.2, -0.15) is 4.31 Å². The minimum atomic E-state index is -3.69. The van der Waals surface area contributed by atoms with Crippen molar-refractivity contribution in [3.8, 4) is 11.1 Å². The molecule has 1 aliphatic heterocycles. The normalized spacial score (nSPS) is 16.9. The van der Waals surface area contributed by atoms with Crippen molar-refractivity contribution in [2.24, 2.45) is 0 Å². The summed E-state index contributed by atoms with van der Waals surface area (Å²) in [4.78, 5) is 12.5. The minimum absolute atomic E-state index is 0.264. The molecule has 168 valence electrons. The van der Waals surface area contributed by atoms with Gasteiger partial charge in [-0.1, -0.05) is 60.7 Å². The number of thiophene rings is 1. The molecule has 4 aromatic rings. The van der Waals surface area contributed by atoms with Crippen LogP contribution in [0.1, 0.15) is 28.1 Å². The van der Waals surface area contributed by atoms with Gasteiger partial charge in [0.1, 0.15) is 4.88 Å². The molecule has 5 rings (SSSR count). The summed E-state index contributed by atoms with van der Waals surface area (Å²) in [5, 5.41) is 10.6. The number of rotatable bonds is 6. The van der Waals surface area contributed by atoms with E-state index in [0.717, 1.165) is 33.2 Å². The van der Waals surface area contributed by atoms with Crippen LogP contribution in [0.4, 0.5) is 0 Å². The first-order valence-electron chi connectivity index (χ1n) is 10.9. The zero-order chi connectivity index (χ0) is 23.0. The highest BCUT2D eigenvalue weighted by Gasteiger charge is 2.36. The summed E-state index contributed by atoms with van der Waals surface area (Å²) in [6.07, 6.45) is 1.87. The number of fused-ring (bicyclic) bond motifs is 1. The maximum atomic E-state index is 13.5. The molecule has 1 saturated heterocycles. The van der Waals surface area contributed by atoms with Crippen LogP contribution in [-0.2, 0) is 16.4 Å². The maximum Gasteiger partial charge on any atom is 0.346 e. The zero-order valence-corrected chi connectivity index (χ0v) is 19.5. The van der Waals surface area contributed by atoms with Gasteiger partial charge in [-0.3, -0.25) is 0 Å². The number of benzene rings is 3. The first-order chi connectivity index (χ1) is 15.9. The van der Waals surface area contributed by atoms with Crippen LogP contribution in [0.25, 0.3) is 21.2 Å². The number of sulfonamides is 1. The Morgan fingerprint density at radius 2 is 1.61 bits per heavy atom. The zero-order valence-electron chi connectivity index (χ0n) is 17.8. The Labute approximate surface area is 197 Å². The molecule has 0 aliphatic carbocycles. The second kappa shape index (κ2) is 8.74. The predicted molar refractivity (Wildman–Crippen MR) is 131 cm³/mol. The summed E-state index contributed by atoms with van der Waals surface area (Å²) in [6, 6.07) is 24.2. The molecule has 0 radical (unpaired) electrons. The van der Waals surface area contributed by atoms with E-state index in [0.29, 0.717) is 24.3 Å². The number of hydrogen-bond acceptors (Lipinski definition) is 4. The van der Waals surface area contributed by atoms with Crippen molar-refractivity contribution in [2.45, 2.75) is 30.2 Å². The summed E-state index contributed by atoms with van der Waals surface area (Å²) in [5.41, 5.74) is 2.73. The van der Waals surface area contributed by atoms with Gasteiger partial charge in [0, 0.05) is 17.3 Å². The van der Waals surface area contributed by atoms with Crippen LogP contribution in [0.3, 0.4) is 0 Å². The summed E-state index contributed by atoms with van der Waals surface area (Å²) in [5.74, 6) is -0.963. The van der Waals surface area contributed by atoms with E-state index in [-0.39, 0.29) is 10.9 Å². The first-order valence-corrected chi connectivity index (χ1v) is 13.1. The van der Waals surface area contributed by atoms with E-state index in [1.807, 2.05) is 66.7 Å². The summed E-state index contributed by atoms with van der Waals surface area (Å²) < 4.78 is 29.5.